The van der Waals surface area contributed by atoms with Gasteiger partial charge in [0, 0.05) is 12.8 Å². The lowest BCUT2D eigenvalue weighted by molar-refractivity contribution is -0.137. The third-order valence-corrected chi connectivity index (χ3v) is 3.52. The number of carbonyl (C=O) groups is 1. The summed E-state index contributed by atoms with van der Waals surface area (Å²) in [5.41, 5.74) is 0. The second-order valence-corrected chi connectivity index (χ2v) is 6.14. The largest absolute Gasteiger partial charge is 0.481 e. The molecule has 0 aromatic carbocycles. The van der Waals surface area contributed by atoms with E-state index in [9.17, 15) is 28.2 Å². The van der Waals surface area contributed by atoms with Crippen molar-refractivity contribution in [2.75, 3.05) is 0 Å². The molecular formula is C20H29F3O4. The van der Waals surface area contributed by atoms with Gasteiger partial charge in [0.1, 0.15) is 0 Å². The van der Waals surface area contributed by atoms with E-state index in [-0.39, 0.29) is 12.8 Å². The first-order valence-corrected chi connectivity index (χ1v) is 9.02. The van der Waals surface area contributed by atoms with Crippen LogP contribution in [0.25, 0.3) is 0 Å². The summed E-state index contributed by atoms with van der Waals surface area (Å²) in [5.74, 6) is -0.883. The maximum absolute atomic E-state index is 11.9. The van der Waals surface area contributed by atoms with E-state index >= 15 is 0 Å². The monoisotopic (exact) mass is 390 g/mol. The van der Waals surface area contributed by atoms with Gasteiger partial charge in [-0.25, -0.2) is 0 Å². The fourth-order valence-corrected chi connectivity index (χ4v) is 2.09. The van der Waals surface area contributed by atoms with Gasteiger partial charge in [0.25, 0.3) is 0 Å². The van der Waals surface area contributed by atoms with Crippen LogP contribution in [0.15, 0.2) is 48.6 Å². The Morgan fingerprint density at radius 2 is 1.52 bits per heavy atom. The van der Waals surface area contributed by atoms with Crippen molar-refractivity contribution in [3.8, 4) is 0 Å². The Hall–Kier alpha value is -1.86. The first kappa shape index (κ1) is 25.1. The minimum Gasteiger partial charge on any atom is -0.481 e. The predicted octanol–water partition coefficient (Wildman–Crippen LogP) is 4.70. The molecule has 0 saturated heterocycles. The van der Waals surface area contributed by atoms with E-state index in [0.717, 1.165) is 0 Å². The second kappa shape index (κ2) is 15.2. The summed E-state index contributed by atoms with van der Waals surface area (Å²) in [6, 6.07) is 0. The average Bonchev–Trinajstić information content (AvgIpc) is 2.55. The molecule has 0 aliphatic heterocycles. The molecule has 27 heavy (non-hydrogen) atoms. The predicted molar refractivity (Wildman–Crippen MR) is 99.2 cm³/mol. The number of aliphatic hydroxyl groups excluding tert-OH is 2. The molecule has 0 unspecified atom stereocenters. The summed E-state index contributed by atoms with van der Waals surface area (Å²) in [4.78, 5) is 10.3. The Morgan fingerprint density at radius 3 is 2.11 bits per heavy atom. The Morgan fingerprint density at radius 1 is 0.889 bits per heavy atom. The van der Waals surface area contributed by atoms with E-state index in [4.69, 9.17) is 5.11 Å². The van der Waals surface area contributed by atoms with Crippen molar-refractivity contribution in [1.29, 1.82) is 0 Å². The quantitative estimate of drug-likeness (QED) is 0.228. The van der Waals surface area contributed by atoms with Gasteiger partial charge in [-0.3, -0.25) is 4.79 Å². The van der Waals surface area contributed by atoms with E-state index in [0.29, 0.717) is 32.1 Å². The maximum atomic E-state index is 11.9. The summed E-state index contributed by atoms with van der Waals surface area (Å²) < 4.78 is 35.8. The highest BCUT2D eigenvalue weighted by atomic mass is 19.4. The van der Waals surface area contributed by atoms with Crippen LogP contribution in [0.4, 0.5) is 13.2 Å². The summed E-state index contributed by atoms with van der Waals surface area (Å²) in [6.45, 7) is 0. The molecule has 0 saturated carbocycles. The van der Waals surface area contributed by atoms with Crippen LogP contribution in [0.5, 0.6) is 0 Å². The molecule has 0 radical (unpaired) electrons. The van der Waals surface area contributed by atoms with Gasteiger partial charge in [0.15, 0.2) is 0 Å². The number of aliphatic carboxylic acids is 1. The number of carboxylic acid groups (broad SMARTS) is 1. The highest BCUT2D eigenvalue weighted by Crippen LogP contribution is 2.22. The minimum atomic E-state index is -4.09. The zero-order valence-electron chi connectivity index (χ0n) is 15.3. The number of halogens is 3. The van der Waals surface area contributed by atoms with Crippen LogP contribution in [-0.4, -0.2) is 39.7 Å². The Labute approximate surface area is 158 Å². The molecule has 0 aliphatic carbocycles. The van der Waals surface area contributed by atoms with E-state index in [1.165, 1.54) is 0 Å². The number of rotatable bonds is 14. The van der Waals surface area contributed by atoms with Crippen molar-refractivity contribution in [1.82, 2.24) is 0 Å². The summed E-state index contributed by atoms with van der Waals surface area (Å²) in [7, 11) is 0. The molecule has 0 amide bonds. The molecule has 0 heterocycles. The van der Waals surface area contributed by atoms with Crippen molar-refractivity contribution < 1.29 is 33.3 Å². The van der Waals surface area contributed by atoms with E-state index in [2.05, 4.69) is 0 Å². The molecule has 3 N–H and O–H groups in total. The third kappa shape index (κ3) is 20.3. The number of hydrogen-bond acceptors (Lipinski definition) is 3. The summed E-state index contributed by atoms with van der Waals surface area (Å²) in [6.07, 6.45) is 9.48. The van der Waals surface area contributed by atoms with Crippen molar-refractivity contribution >= 4 is 5.97 Å². The SMILES string of the molecule is O=C(O)CCC[C@H](O)/C=C/C=C/C=C/[C@H](O)C/C=C\CCCCC(F)(F)F. The molecule has 0 aliphatic rings. The normalized spacial score (nSPS) is 15.4. The standard InChI is InChI=1S/C20H29F3O4/c21-20(22,23)16-9-5-1-2-6-11-17(24)12-7-3-4-8-13-18(25)14-10-15-19(26)27/h2-4,6-8,12-13,17-18,24-25H,1,5,9-11,14-16H2,(H,26,27)/b4-3+,6-2-,12-7+,13-8+/t17-,18-/m1/s1. The maximum Gasteiger partial charge on any atom is 0.389 e. The van der Waals surface area contributed by atoms with Crippen LogP contribution in [0.2, 0.25) is 0 Å². The van der Waals surface area contributed by atoms with Crippen molar-refractivity contribution in [3.05, 3.63) is 48.6 Å². The molecule has 0 rings (SSSR count). The summed E-state index contributed by atoms with van der Waals surface area (Å²) >= 11 is 0. The number of aliphatic hydroxyl groups is 2. The number of hydrogen-bond donors (Lipinski definition) is 3. The highest BCUT2D eigenvalue weighted by Gasteiger charge is 2.25. The van der Waals surface area contributed by atoms with Crippen LogP contribution in [0.3, 0.4) is 0 Å². The molecule has 0 bridgehead atoms. The van der Waals surface area contributed by atoms with Gasteiger partial charge in [-0.2, -0.15) is 13.2 Å². The lowest BCUT2D eigenvalue weighted by atomic mass is 10.1. The Bertz CT molecular complexity index is 508. The topological polar surface area (TPSA) is 77.8 Å². The van der Waals surface area contributed by atoms with Gasteiger partial charge in [-0.05, 0) is 38.5 Å². The van der Waals surface area contributed by atoms with Gasteiger partial charge in [-0.1, -0.05) is 48.6 Å². The van der Waals surface area contributed by atoms with Crippen molar-refractivity contribution in [2.45, 2.75) is 69.8 Å². The van der Waals surface area contributed by atoms with Crippen LogP contribution in [0.1, 0.15) is 51.4 Å². The van der Waals surface area contributed by atoms with E-state index in [1.807, 2.05) is 0 Å². The number of alkyl halides is 3. The first-order valence-electron chi connectivity index (χ1n) is 9.02. The fourth-order valence-electron chi connectivity index (χ4n) is 2.09. The van der Waals surface area contributed by atoms with Crippen LogP contribution in [0, 0.1) is 0 Å². The van der Waals surface area contributed by atoms with Gasteiger partial charge in [0.2, 0.25) is 0 Å². The second-order valence-electron chi connectivity index (χ2n) is 6.14. The molecule has 0 aromatic rings. The molecule has 0 fully saturated rings. The molecule has 154 valence electrons. The number of carboxylic acids is 1. The average molecular weight is 390 g/mol. The molecule has 0 aromatic heterocycles. The molecule has 2 atom stereocenters. The number of unbranched alkanes of at least 4 members (excludes halogenated alkanes) is 2. The Kier molecular flexibility index (Phi) is 14.2. The van der Waals surface area contributed by atoms with E-state index < -0.39 is 30.8 Å². The zero-order valence-corrected chi connectivity index (χ0v) is 15.3. The van der Waals surface area contributed by atoms with Crippen LogP contribution < -0.4 is 0 Å². The van der Waals surface area contributed by atoms with Gasteiger partial charge < -0.3 is 15.3 Å². The van der Waals surface area contributed by atoms with Gasteiger partial charge >= 0.3 is 12.1 Å². The minimum absolute atomic E-state index is 0.0311. The molecule has 0 spiro atoms. The smallest absolute Gasteiger partial charge is 0.389 e. The highest BCUT2D eigenvalue weighted by molar-refractivity contribution is 5.66. The zero-order chi connectivity index (χ0) is 20.5. The third-order valence-electron chi connectivity index (χ3n) is 3.52. The lowest BCUT2D eigenvalue weighted by Gasteiger charge is -2.04. The number of allylic oxidation sites excluding steroid dienone is 5. The van der Waals surface area contributed by atoms with E-state index in [1.54, 1.807) is 48.6 Å². The van der Waals surface area contributed by atoms with Gasteiger partial charge in [0.05, 0.1) is 12.2 Å². The lowest BCUT2D eigenvalue weighted by Crippen LogP contribution is -2.05. The molecule has 4 nitrogen and oxygen atoms in total. The van der Waals surface area contributed by atoms with Gasteiger partial charge in [-0.15, -0.1) is 0 Å². The molecular weight excluding hydrogens is 361 g/mol. The fraction of sp³-hybridized carbons (Fsp3) is 0.550. The van der Waals surface area contributed by atoms with Crippen LogP contribution in [-0.2, 0) is 4.79 Å². The summed E-state index contributed by atoms with van der Waals surface area (Å²) in [5, 5.41) is 27.8. The van der Waals surface area contributed by atoms with Crippen LogP contribution >= 0.6 is 0 Å². The Balaban J connectivity index is 3.82. The van der Waals surface area contributed by atoms with Crippen molar-refractivity contribution in [2.24, 2.45) is 0 Å². The first-order chi connectivity index (χ1) is 12.7. The van der Waals surface area contributed by atoms with Crippen molar-refractivity contribution in [3.63, 3.8) is 0 Å². The molecule has 7 heteroatoms.